The summed E-state index contributed by atoms with van der Waals surface area (Å²) in [6, 6.07) is 31.2. The van der Waals surface area contributed by atoms with Gasteiger partial charge in [0.2, 0.25) is 0 Å². The van der Waals surface area contributed by atoms with Crippen molar-refractivity contribution >= 4 is 24.8 Å². The van der Waals surface area contributed by atoms with Crippen molar-refractivity contribution in [2.45, 2.75) is 51.5 Å². The maximum atomic E-state index is 12.8. The highest BCUT2D eigenvalue weighted by Crippen LogP contribution is 2.39. The molecule has 1 aromatic heterocycles. The fraction of sp³-hybridized carbons (Fsp3) is 0.294. The van der Waals surface area contributed by atoms with Crippen molar-refractivity contribution in [1.82, 2.24) is 9.55 Å². The zero-order chi connectivity index (χ0) is 29.0. The number of hydrogen-bond acceptors (Lipinski definition) is 4. The minimum atomic E-state index is -2.78. The molecule has 41 heavy (non-hydrogen) atoms. The van der Waals surface area contributed by atoms with Gasteiger partial charge >= 0.3 is 5.69 Å². The van der Waals surface area contributed by atoms with Crippen molar-refractivity contribution < 1.29 is 9.16 Å². The first-order valence-corrected chi connectivity index (χ1v) is 16.1. The first-order chi connectivity index (χ1) is 19.7. The van der Waals surface area contributed by atoms with Gasteiger partial charge in [-0.2, -0.15) is 0 Å². The fourth-order valence-electron chi connectivity index (χ4n) is 5.85. The van der Waals surface area contributed by atoms with Crippen molar-refractivity contribution in [3.8, 4) is 0 Å². The van der Waals surface area contributed by atoms with Gasteiger partial charge in [-0.15, -0.1) is 0 Å². The second-order valence-corrected chi connectivity index (χ2v) is 16.1. The number of aromatic amines is 1. The molecule has 0 saturated carbocycles. The molecule has 0 bridgehead atoms. The molecule has 4 aromatic rings. The van der Waals surface area contributed by atoms with Crippen LogP contribution in [0.5, 0.6) is 0 Å². The van der Waals surface area contributed by atoms with Gasteiger partial charge in [-0.05, 0) is 27.9 Å². The van der Waals surface area contributed by atoms with Gasteiger partial charge in [0.05, 0.1) is 12.7 Å². The van der Waals surface area contributed by atoms with Crippen molar-refractivity contribution in [3.05, 3.63) is 135 Å². The van der Waals surface area contributed by atoms with E-state index in [1.807, 2.05) is 30.3 Å². The SMILES string of the molecule is Cc1cn([C@H]2CC(C=Cc3ccccc3)[C@@H](CO[Si](c3ccccc3)(c3ccccc3)C(C)(C)C)O2)c(=O)[nH]c1=O. The van der Waals surface area contributed by atoms with Gasteiger partial charge in [0.15, 0.2) is 0 Å². The molecule has 1 N–H and O–H groups in total. The molecule has 1 saturated heterocycles. The molecule has 2 heterocycles. The fourth-order valence-corrected chi connectivity index (χ4v) is 10.4. The van der Waals surface area contributed by atoms with E-state index < -0.39 is 20.2 Å². The van der Waals surface area contributed by atoms with Gasteiger partial charge in [-0.1, -0.05) is 124 Å². The lowest BCUT2D eigenvalue weighted by Gasteiger charge is -2.43. The van der Waals surface area contributed by atoms with E-state index in [4.69, 9.17) is 9.16 Å². The number of benzene rings is 3. The second-order valence-electron chi connectivity index (χ2n) is 11.8. The molecule has 0 radical (unpaired) electrons. The summed E-state index contributed by atoms with van der Waals surface area (Å²) >= 11 is 0. The van der Waals surface area contributed by atoms with E-state index in [1.165, 1.54) is 14.9 Å². The molecule has 0 aliphatic carbocycles. The molecule has 6 nitrogen and oxygen atoms in total. The molecular formula is C34H38N2O4Si. The van der Waals surface area contributed by atoms with E-state index in [0.29, 0.717) is 18.6 Å². The van der Waals surface area contributed by atoms with Crippen LogP contribution in [-0.4, -0.2) is 30.6 Å². The van der Waals surface area contributed by atoms with Gasteiger partial charge in [0, 0.05) is 24.1 Å². The lowest BCUT2D eigenvalue weighted by molar-refractivity contribution is -0.0263. The van der Waals surface area contributed by atoms with Crippen LogP contribution in [0.2, 0.25) is 5.04 Å². The first-order valence-electron chi connectivity index (χ1n) is 14.1. The second kappa shape index (κ2) is 12.0. The molecule has 1 unspecified atom stereocenters. The highest BCUT2D eigenvalue weighted by molar-refractivity contribution is 6.99. The van der Waals surface area contributed by atoms with E-state index >= 15 is 0 Å². The van der Waals surface area contributed by atoms with Crippen molar-refractivity contribution in [3.63, 3.8) is 0 Å². The third kappa shape index (κ3) is 5.98. The standard InChI is InChI=1S/C34H38N2O4Si/c1-25-23-36(33(38)35-32(25)37)31-22-27(21-20-26-14-8-5-9-15-26)30(40-31)24-39-41(34(2,3)4,28-16-10-6-11-17-28)29-18-12-7-13-19-29/h5-21,23,27,30-31H,22,24H2,1-4H3,(H,35,37,38)/t27?,30-,31-/m1/s1. The van der Waals surface area contributed by atoms with Crippen LogP contribution in [0, 0.1) is 12.8 Å². The van der Waals surface area contributed by atoms with E-state index in [2.05, 4.69) is 98.6 Å². The molecule has 7 heteroatoms. The Morgan fingerprint density at radius 1 is 0.927 bits per heavy atom. The maximum absolute atomic E-state index is 12.8. The van der Waals surface area contributed by atoms with Gasteiger partial charge in [0.25, 0.3) is 13.9 Å². The Bertz CT molecular complexity index is 1550. The number of nitrogens with one attached hydrogen (secondary N) is 1. The van der Waals surface area contributed by atoms with Gasteiger partial charge in [-0.25, -0.2) is 4.79 Å². The highest BCUT2D eigenvalue weighted by atomic mass is 28.4. The summed E-state index contributed by atoms with van der Waals surface area (Å²) in [5.74, 6) is -0.00226. The van der Waals surface area contributed by atoms with E-state index in [-0.39, 0.29) is 22.6 Å². The van der Waals surface area contributed by atoms with Crippen molar-refractivity contribution in [2.75, 3.05) is 6.61 Å². The largest absolute Gasteiger partial charge is 0.405 e. The molecule has 1 fully saturated rings. The van der Waals surface area contributed by atoms with Crippen LogP contribution in [0.1, 0.15) is 44.5 Å². The summed E-state index contributed by atoms with van der Waals surface area (Å²) in [4.78, 5) is 27.2. The van der Waals surface area contributed by atoms with Gasteiger partial charge < -0.3 is 9.16 Å². The Kier molecular flexibility index (Phi) is 8.40. The summed E-state index contributed by atoms with van der Waals surface area (Å²) in [7, 11) is -2.78. The van der Waals surface area contributed by atoms with Crippen molar-refractivity contribution in [1.29, 1.82) is 0 Å². The van der Waals surface area contributed by atoms with E-state index in [0.717, 1.165) is 5.56 Å². The normalized spacial score (nSPS) is 19.6. The minimum Gasteiger partial charge on any atom is -0.405 e. The third-order valence-corrected chi connectivity index (χ3v) is 13.0. The number of aryl methyl sites for hydroxylation is 1. The van der Waals surface area contributed by atoms with Gasteiger partial charge in [0.1, 0.15) is 6.23 Å². The summed E-state index contributed by atoms with van der Waals surface area (Å²) in [6.45, 7) is 8.83. The topological polar surface area (TPSA) is 73.3 Å². The Labute approximate surface area is 242 Å². The lowest BCUT2D eigenvalue weighted by atomic mass is 9.99. The average molecular weight is 567 g/mol. The number of rotatable bonds is 8. The van der Waals surface area contributed by atoms with Gasteiger partial charge in [-0.3, -0.25) is 14.3 Å². The summed E-state index contributed by atoms with van der Waals surface area (Å²) < 4.78 is 15.3. The molecule has 3 atom stereocenters. The highest BCUT2D eigenvalue weighted by Gasteiger charge is 2.51. The zero-order valence-corrected chi connectivity index (χ0v) is 25.1. The molecule has 3 aromatic carbocycles. The lowest BCUT2D eigenvalue weighted by Crippen LogP contribution is -2.67. The molecule has 1 aliphatic heterocycles. The Balaban J connectivity index is 1.52. The van der Waals surface area contributed by atoms with Crippen LogP contribution in [0.4, 0.5) is 0 Å². The quantitative estimate of drug-likeness (QED) is 0.304. The van der Waals surface area contributed by atoms with Crippen molar-refractivity contribution in [2.24, 2.45) is 5.92 Å². The molecule has 0 spiro atoms. The van der Waals surface area contributed by atoms with Crippen LogP contribution < -0.4 is 21.6 Å². The Morgan fingerprint density at radius 2 is 1.49 bits per heavy atom. The first kappa shape index (κ1) is 28.7. The molecule has 212 valence electrons. The van der Waals surface area contributed by atoms with Crippen LogP contribution in [-0.2, 0) is 9.16 Å². The Morgan fingerprint density at radius 3 is 2.05 bits per heavy atom. The summed E-state index contributed by atoms with van der Waals surface area (Å²) in [5.41, 5.74) is 0.720. The summed E-state index contributed by atoms with van der Waals surface area (Å²) in [5, 5.41) is 2.24. The predicted octanol–water partition coefficient (Wildman–Crippen LogP) is 5.04. The maximum Gasteiger partial charge on any atom is 0.330 e. The number of H-pyrrole nitrogens is 1. The van der Waals surface area contributed by atoms with Crippen LogP contribution in [0.3, 0.4) is 0 Å². The summed E-state index contributed by atoms with van der Waals surface area (Å²) in [6.07, 6.45) is 5.64. The Hall–Kier alpha value is -3.78. The number of hydrogen-bond donors (Lipinski definition) is 1. The monoisotopic (exact) mass is 566 g/mol. The molecule has 5 rings (SSSR count). The van der Waals surface area contributed by atoms with Crippen LogP contribution in [0.15, 0.2) is 113 Å². The zero-order valence-electron chi connectivity index (χ0n) is 24.1. The molecular weight excluding hydrogens is 528 g/mol. The van der Waals surface area contributed by atoms with E-state index in [9.17, 15) is 9.59 Å². The molecule has 1 aliphatic rings. The van der Waals surface area contributed by atoms with Crippen LogP contribution >= 0.6 is 0 Å². The average Bonchev–Trinajstić information content (AvgIpc) is 3.38. The third-order valence-electron chi connectivity index (χ3n) is 7.96. The van der Waals surface area contributed by atoms with E-state index in [1.54, 1.807) is 13.1 Å². The smallest absolute Gasteiger partial charge is 0.330 e. The minimum absolute atomic E-state index is 0.00226. The van der Waals surface area contributed by atoms with Crippen LogP contribution in [0.25, 0.3) is 6.08 Å². The predicted molar refractivity (Wildman–Crippen MR) is 167 cm³/mol. The number of ether oxygens (including phenoxy) is 1. The number of aromatic nitrogens is 2. The number of nitrogens with zero attached hydrogens (tertiary/aromatic N) is 1. The molecule has 0 amide bonds.